The third-order valence-electron chi connectivity index (χ3n) is 4.07. The van der Waals surface area contributed by atoms with Gasteiger partial charge in [-0.1, -0.05) is 12.1 Å². The van der Waals surface area contributed by atoms with Crippen molar-refractivity contribution >= 4 is 12.0 Å². The zero-order chi connectivity index (χ0) is 19.3. The molecule has 0 unspecified atom stereocenters. The highest BCUT2D eigenvalue weighted by Crippen LogP contribution is 2.18. The number of likely N-dealkylation sites (tertiary alicyclic amines) is 1. The van der Waals surface area contributed by atoms with Crippen LogP contribution in [0.25, 0.3) is 0 Å². The highest BCUT2D eigenvalue weighted by molar-refractivity contribution is 5.79. The molecule has 1 aromatic carbocycles. The van der Waals surface area contributed by atoms with E-state index in [9.17, 15) is 9.59 Å². The average molecular weight is 364 g/mol. The molecule has 0 radical (unpaired) electrons. The Morgan fingerprint density at radius 2 is 1.96 bits per heavy atom. The van der Waals surface area contributed by atoms with Crippen molar-refractivity contribution < 1.29 is 23.8 Å². The van der Waals surface area contributed by atoms with Crippen molar-refractivity contribution in [3.63, 3.8) is 0 Å². The van der Waals surface area contributed by atoms with Crippen molar-refractivity contribution in [1.29, 1.82) is 0 Å². The number of amides is 2. The summed E-state index contributed by atoms with van der Waals surface area (Å²) in [6.07, 6.45) is -0.433. The molecule has 7 nitrogen and oxygen atoms in total. The molecule has 0 bridgehead atoms. The van der Waals surface area contributed by atoms with Crippen LogP contribution in [-0.2, 0) is 20.7 Å². The molecule has 1 aliphatic heterocycles. The number of methoxy groups -OCH3 is 2. The van der Waals surface area contributed by atoms with Crippen LogP contribution in [0.3, 0.4) is 0 Å². The molecule has 0 spiro atoms. The summed E-state index contributed by atoms with van der Waals surface area (Å²) < 4.78 is 16.0. The minimum absolute atomic E-state index is 0.128. The van der Waals surface area contributed by atoms with E-state index in [4.69, 9.17) is 14.2 Å². The standard InChI is InChI=1S/C19H28N2O5/c1-19(2,3)26-18(23)21-11-15(16(12-21)25-5)20-17(22)10-13-7-6-8-14(9-13)24-4/h6-9,15-16H,10-12H2,1-5H3,(H,20,22)/t15-,16+/m1/s1. The fourth-order valence-corrected chi connectivity index (χ4v) is 2.85. The summed E-state index contributed by atoms with van der Waals surface area (Å²) in [6, 6.07) is 7.11. The van der Waals surface area contributed by atoms with E-state index in [1.54, 1.807) is 19.1 Å². The first-order chi connectivity index (χ1) is 12.2. The summed E-state index contributed by atoms with van der Waals surface area (Å²) in [5.41, 5.74) is 0.297. The van der Waals surface area contributed by atoms with Crippen LogP contribution in [0.15, 0.2) is 24.3 Å². The first kappa shape index (κ1) is 20.0. The van der Waals surface area contributed by atoms with Gasteiger partial charge in [-0.15, -0.1) is 0 Å². The van der Waals surface area contributed by atoms with Crippen molar-refractivity contribution in [2.75, 3.05) is 27.3 Å². The van der Waals surface area contributed by atoms with Crippen molar-refractivity contribution in [1.82, 2.24) is 10.2 Å². The molecular formula is C19H28N2O5. The summed E-state index contributed by atoms with van der Waals surface area (Å²) in [6.45, 7) is 6.21. The Morgan fingerprint density at radius 3 is 2.58 bits per heavy atom. The van der Waals surface area contributed by atoms with Gasteiger partial charge in [0.25, 0.3) is 0 Å². The lowest BCUT2D eigenvalue weighted by molar-refractivity contribution is -0.121. The maximum Gasteiger partial charge on any atom is 0.410 e. The lowest BCUT2D eigenvalue weighted by Crippen LogP contribution is -2.44. The Balaban J connectivity index is 1.94. The van der Waals surface area contributed by atoms with E-state index in [-0.39, 0.29) is 24.5 Å². The van der Waals surface area contributed by atoms with Crippen LogP contribution < -0.4 is 10.1 Å². The van der Waals surface area contributed by atoms with E-state index >= 15 is 0 Å². The number of ether oxygens (including phenoxy) is 3. The van der Waals surface area contributed by atoms with E-state index < -0.39 is 11.7 Å². The van der Waals surface area contributed by atoms with Gasteiger partial charge >= 0.3 is 6.09 Å². The van der Waals surface area contributed by atoms with Crippen LogP contribution in [-0.4, -0.2) is 62.0 Å². The molecule has 144 valence electrons. The predicted octanol–water partition coefficient (Wildman–Crippen LogP) is 1.99. The van der Waals surface area contributed by atoms with Gasteiger partial charge < -0.3 is 24.4 Å². The van der Waals surface area contributed by atoms with Crippen LogP contribution in [0.2, 0.25) is 0 Å². The van der Waals surface area contributed by atoms with Crippen molar-refractivity contribution in [3.05, 3.63) is 29.8 Å². The number of hydrogen-bond donors (Lipinski definition) is 1. The second-order valence-corrected chi connectivity index (χ2v) is 7.36. The third kappa shape index (κ3) is 5.62. The molecular weight excluding hydrogens is 336 g/mol. The number of rotatable bonds is 5. The normalized spacial score (nSPS) is 20.0. The molecule has 2 rings (SSSR count). The topological polar surface area (TPSA) is 77.1 Å². The van der Waals surface area contributed by atoms with Crippen LogP contribution in [0.5, 0.6) is 5.75 Å². The summed E-state index contributed by atoms with van der Waals surface area (Å²) in [5, 5.41) is 2.96. The summed E-state index contributed by atoms with van der Waals surface area (Å²) in [4.78, 5) is 26.2. The molecule has 0 aliphatic carbocycles. The van der Waals surface area contributed by atoms with Gasteiger partial charge in [-0.2, -0.15) is 0 Å². The average Bonchev–Trinajstić information content (AvgIpc) is 2.96. The van der Waals surface area contributed by atoms with E-state index in [0.717, 1.165) is 5.56 Å². The Bertz CT molecular complexity index is 641. The zero-order valence-electron chi connectivity index (χ0n) is 16.1. The molecule has 1 fully saturated rings. The van der Waals surface area contributed by atoms with E-state index in [1.165, 1.54) is 0 Å². The molecule has 0 saturated carbocycles. The maximum absolute atomic E-state index is 12.4. The third-order valence-corrected chi connectivity index (χ3v) is 4.07. The number of benzene rings is 1. The van der Waals surface area contributed by atoms with Crippen LogP contribution in [0.1, 0.15) is 26.3 Å². The second-order valence-electron chi connectivity index (χ2n) is 7.36. The molecule has 1 heterocycles. The molecule has 1 aromatic rings. The Hall–Kier alpha value is -2.28. The molecule has 7 heteroatoms. The minimum atomic E-state index is -0.562. The molecule has 26 heavy (non-hydrogen) atoms. The second kappa shape index (κ2) is 8.40. The van der Waals surface area contributed by atoms with Crippen molar-refractivity contribution in [2.24, 2.45) is 0 Å². The molecule has 1 N–H and O–H groups in total. The van der Waals surface area contributed by atoms with Crippen LogP contribution in [0.4, 0.5) is 4.79 Å². The van der Waals surface area contributed by atoms with E-state index in [1.807, 2.05) is 45.0 Å². The predicted molar refractivity (Wildman–Crippen MR) is 97.2 cm³/mol. The minimum Gasteiger partial charge on any atom is -0.497 e. The van der Waals surface area contributed by atoms with Crippen molar-refractivity contribution in [2.45, 2.75) is 44.9 Å². The highest BCUT2D eigenvalue weighted by atomic mass is 16.6. The van der Waals surface area contributed by atoms with Gasteiger partial charge in [0.05, 0.1) is 32.2 Å². The van der Waals surface area contributed by atoms with Gasteiger partial charge in [-0.3, -0.25) is 4.79 Å². The number of hydrogen-bond acceptors (Lipinski definition) is 5. The first-order valence-electron chi connectivity index (χ1n) is 8.65. The van der Waals surface area contributed by atoms with Gasteiger partial charge in [-0.05, 0) is 38.5 Å². The maximum atomic E-state index is 12.4. The summed E-state index contributed by atoms with van der Waals surface area (Å²) in [5.74, 6) is 0.582. The van der Waals surface area contributed by atoms with E-state index in [2.05, 4.69) is 5.32 Å². The monoisotopic (exact) mass is 364 g/mol. The lowest BCUT2D eigenvalue weighted by atomic mass is 10.1. The smallest absolute Gasteiger partial charge is 0.410 e. The van der Waals surface area contributed by atoms with Gasteiger partial charge in [0, 0.05) is 13.7 Å². The van der Waals surface area contributed by atoms with Crippen molar-refractivity contribution in [3.8, 4) is 5.75 Å². The number of nitrogens with zero attached hydrogens (tertiary/aromatic N) is 1. The number of carbonyl (C=O) groups is 2. The molecule has 2 atom stereocenters. The van der Waals surface area contributed by atoms with Gasteiger partial charge in [-0.25, -0.2) is 4.79 Å². The number of nitrogens with one attached hydrogen (secondary N) is 1. The first-order valence-corrected chi connectivity index (χ1v) is 8.65. The Labute approximate surface area is 154 Å². The fourth-order valence-electron chi connectivity index (χ4n) is 2.85. The molecule has 0 aromatic heterocycles. The summed E-state index contributed by atoms with van der Waals surface area (Å²) in [7, 11) is 3.16. The van der Waals surface area contributed by atoms with Crippen LogP contribution >= 0.6 is 0 Å². The molecule has 2 amide bonds. The lowest BCUT2D eigenvalue weighted by Gasteiger charge is -2.24. The largest absolute Gasteiger partial charge is 0.497 e. The zero-order valence-corrected chi connectivity index (χ0v) is 16.1. The molecule has 1 aliphatic rings. The SMILES string of the molecule is COc1cccc(CC(=O)N[C@@H]2CN(C(=O)OC(C)(C)C)C[C@@H]2OC)c1. The van der Waals surface area contributed by atoms with Gasteiger partial charge in [0.1, 0.15) is 11.4 Å². The van der Waals surface area contributed by atoms with E-state index in [0.29, 0.717) is 18.8 Å². The fraction of sp³-hybridized carbons (Fsp3) is 0.579. The quantitative estimate of drug-likeness (QED) is 0.865. The number of carbonyl (C=O) groups excluding carboxylic acids is 2. The van der Waals surface area contributed by atoms with Gasteiger partial charge in [0.2, 0.25) is 5.91 Å². The highest BCUT2D eigenvalue weighted by Gasteiger charge is 2.38. The molecule has 1 saturated heterocycles. The summed E-state index contributed by atoms with van der Waals surface area (Å²) >= 11 is 0. The van der Waals surface area contributed by atoms with Gasteiger partial charge in [0.15, 0.2) is 0 Å². The Morgan fingerprint density at radius 1 is 1.23 bits per heavy atom. The van der Waals surface area contributed by atoms with Crippen LogP contribution in [0, 0.1) is 0 Å². The Kier molecular flexibility index (Phi) is 6.47.